The van der Waals surface area contributed by atoms with Gasteiger partial charge < -0.3 is 14.9 Å². The molecule has 0 radical (unpaired) electrons. The molecule has 7 nitrogen and oxygen atoms in total. The van der Waals surface area contributed by atoms with Crippen LogP contribution in [0.1, 0.15) is 6.92 Å². The molecule has 0 aliphatic rings. The van der Waals surface area contributed by atoms with Gasteiger partial charge in [0.2, 0.25) is 5.88 Å². The van der Waals surface area contributed by atoms with Gasteiger partial charge in [-0.25, -0.2) is 4.68 Å². The van der Waals surface area contributed by atoms with E-state index in [-0.39, 0.29) is 18.2 Å². The zero-order valence-electron chi connectivity index (χ0n) is 14.5. The fourth-order valence-electron chi connectivity index (χ4n) is 2.04. The van der Waals surface area contributed by atoms with Crippen LogP contribution in [0.25, 0.3) is 5.69 Å². The molecule has 1 N–H and O–H groups in total. The van der Waals surface area contributed by atoms with Crippen LogP contribution in [0.4, 0.5) is 0 Å². The van der Waals surface area contributed by atoms with Crippen LogP contribution in [0.3, 0.4) is 0 Å². The average Bonchev–Trinajstić information content (AvgIpc) is 3.07. The Morgan fingerprint density at radius 1 is 1.38 bits per heavy atom. The number of benzene rings is 1. The lowest BCUT2D eigenvalue weighted by molar-refractivity contribution is -0.114. The third kappa shape index (κ3) is 5.00. The van der Waals surface area contributed by atoms with Gasteiger partial charge in [0.15, 0.2) is 5.71 Å². The van der Waals surface area contributed by atoms with E-state index in [1.54, 1.807) is 48.1 Å². The first-order valence-electron chi connectivity index (χ1n) is 7.60. The highest BCUT2D eigenvalue weighted by Crippen LogP contribution is 2.24. The van der Waals surface area contributed by atoms with E-state index in [9.17, 15) is 4.79 Å². The van der Waals surface area contributed by atoms with Gasteiger partial charge in [0.1, 0.15) is 13.7 Å². The number of nitrogens with one attached hydrogen (secondary N) is 1. The van der Waals surface area contributed by atoms with Crippen LogP contribution in [-0.4, -0.2) is 42.2 Å². The lowest BCUT2D eigenvalue weighted by Gasteiger charge is -2.06. The second-order valence-corrected chi connectivity index (χ2v) is 5.94. The zero-order valence-corrected chi connectivity index (χ0v) is 16.0. The van der Waals surface area contributed by atoms with Crippen molar-refractivity contribution in [3.63, 3.8) is 0 Å². The number of carbonyl (C=O) groups is 1. The minimum absolute atomic E-state index is 0.178. The first-order chi connectivity index (χ1) is 12.5. The van der Waals surface area contributed by atoms with Crippen molar-refractivity contribution in [1.82, 2.24) is 15.1 Å². The van der Waals surface area contributed by atoms with E-state index in [1.807, 2.05) is 0 Å². The predicted octanol–water partition coefficient (Wildman–Crippen LogP) is 3.25. The van der Waals surface area contributed by atoms with Crippen LogP contribution in [0.2, 0.25) is 10.0 Å². The summed E-state index contributed by atoms with van der Waals surface area (Å²) in [5, 5.41) is 11.6. The van der Waals surface area contributed by atoms with Crippen LogP contribution in [0.15, 0.2) is 47.3 Å². The molecular weight excluding hydrogens is 379 g/mol. The molecule has 0 bridgehead atoms. The molecule has 1 amide bonds. The smallest absolute Gasteiger partial charge is 0.273 e. The van der Waals surface area contributed by atoms with Crippen molar-refractivity contribution in [2.75, 3.05) is 20.8 Å². The largest absolute Gasteiger partial charge is 0.472 e. The maximum atomic E-state index is 11.8. The zero-order chi connectivity index (χ0) is 19.1. The first-order valence-corrected chi connectivity index (χ1v) is 8.36. The van der Waals surface area contributed by atoms with Gasteiger partial charge in [0, 0.05) is 24.3 Å². The minimum Gasteiger partial charge on any atom is -0.472 e. The molecule has 0 saturated heterocycles. The average molecular weight is 397 g/mol. The summed E-state index contributed by atoms with van der Waals surface area (Å²) in [6, 6.07) is 6.84. The maximum Gasteiger partial charge on any atom is 0.273 e. The Labute approximate surface area is 161 Å². The second kappa shape index (κ2) is 9.26. The summed E-state index contributed by atoms with van der Waals surface area (Å²) in [6.07, 6.45) is 3.44. The van der Waals surface area contributed by atoms with Crippen molar-refractivity contribution in [3.05, 3.63) is 52.2 Å². The van der Waals surface area contributed by atoms with E-state index in [2.05, 4.69) is 15.6 Å². The molecule has 0 spiro atoms. The van der Waals surface area contributed by atoms with Crippen molar-refractivity contribution in [2.45, 2.75) is 6.92 Å². The number of nitrogens with zero attached hydrogens (tertiary/aromatic N) is 3. The van der Waals surface area contributed by atoms with Gasteiger partial charge in [-0.05, 0) is 36.8 Å². The minimum atomic E-state index is -0.345. The summed E-state index contributed by atoms with van der Waals surface area (Å²) in [5.41, 5.74) is 1.48. The molecule has 2 rings (SSSR count). The van der Waals surface area contributed by atoms with Gasteiger partial charge in [-0.3, -0.25) is 4.79 Å². The molecule has 0 fully saturated rings. The highest BCUT2D eigenvalue weighted by atomic mass is 35.5. The van der Waals surface area contributed by atoms with Gasteiger partial charge in [0.25, 0.3) is 5.91 Å². The van der Waals surface area contributed by atoms with Gasteiger partial charge >= 0.3 is 0 Å². The number of aromatic nitrogens is 2. The molecule has 9 heteroatoms. The van der Waals surface area contributed by atoms with Crippen LogP contribution in [0.5, 0.6) is 5.88 Å². The van der Waals surface area contributed by atoms with Crippen molar-refractivity contribution >= 4 is 34.8 Å². The number of carbonyl (C=O) groups excluding carboxylic acids is 1. The number of amides is 1. The standard InChI is InChI=1S/C17H18Cl2N4O3/c1-11(16(22-25-3)17(24)20-2)7-9-26-15-6-8-23(21-15)14-5-4-12(18)10-13(14)19/h4-8,10H,9H2,1-3H3,(H,20,24)/b11-7-,22-16?. The van der Waals surface area contributed by atoms with Crippen molar-refractivity contribution in [1.29, 1.82) is 0 Å². The lowest BCUT2D eigenvalue weighted by atomic mass is 10.1. The normalized spacial score (nSPS) is 12.0. The summed E-state index contributed by atoms with van der Waals surface area (Å²) in [7, 11) is 2.90. The molecule has 1 heterocycles. The number of halogens is 2. The Kier molecular flexibility index (Phi) is 7.06. The summed E-state index contributed by atoms with van der Waals surface area (Å²) >= 11 is 12.1. The third-order valence-electron chi connectivity index (χ3n) is 3.34. The fraction of sp³-hybridized carbons (Fsp3) is 0.235. The molecule has 0 unspecified atom stereocenters. The summed E-state index contributed by atoms with van der Waals surface area (Å²) in [4.78, 5) is 16.4. The Balaban J connectivity index is 2.05. The molecule has 0 aliphatic heterocycles. The molecule has 26 heavy (non-hydrogen) atoms. The van der Waals surface area contributed by atoms with E-state index in [4.69, 9.17) is 32.8 Å². The van der Waals surface area contributed by atoms with Crippen LogP contribution in [0, 0.1) is 0 Å². The van der Waals surface area contributed by atoms with E-state index >= 15 is 0 Å². The van der Waals surface area contributed by atoms with Gasteiger partial charge in [-0.2, -0.15) is 0 Å². The van der Waals surface area contributed by atoms with Crippen LogP contribution in [-0.2, 0) is 9.63 Å². The van der Waals surface area contributed by atoms with Gasteiger partial charge in [-0.15, -0.1) is 5.10 Å². The monoisotopic (exact) mass is 396 g/mol. The van der Waals surface area contributed by atoms with E-state index in [1.165, 1.54) is 14.2 Å². The third-order valence-corrected chi connectivity index (χ3v) is 3.88. The summed E-state index contributed by atoms with van der Waals surface area (Å²) < 4.78 is 7.17. The summed E-state index contributed by atoms with van der Waals surface area (Å²) in [6.45, 7) is 1.94. The highest BCUT2D eigenvalue weighted by Gasteiger charge is 2.12. The number of rotatable bonds is 7. The fourth-order valence-corrected chi connectivity index (χ4v) is 2.53. The second-order valence-electron chi connectivity index (χ2n) is 5.09. The SMILES string of the molecule is CNC(=O)C(=NOC)/C(C)=C\COc1ccn(-c2ccc(Cl)cc2Cl)n1. The Morgan fingerprint density at radius 2 is 2.15 bits per heavy atom. The molecule has 1 aromatic carbocycles. The lowest BCUT2D eigenvalue weighted by Crippen LogP contribution is -2.28. The Bertz CT molecular complexity index is 846. The molecule has 0 atom stereocenters. The van der Waals surface area contributed by atoms with Crippen LogP contribution >= 0.6 is 23.2 Å². The van der Waals surface area contributed by atoms with Crippen molar-refractivity contribution in [3.8, 4) is 11.6 Å². The Morgan fingerprint density at radius 3 is 2.81 bits per heavy atom. The van der Waals surface area contributed by atoms with Crippen molar-refractivity contribution < 1.29 is 14.4 Å². The molecule has 0 saturated carbocycles. The molecular formula is C17H18Cl2N4O3. The number of hydrogen-bond acceptors (Lipinski definition) is 5. The number of ether oxygens (including phenoxy) is 1. The number of hydrogen-bond donors (Lipinski definition) is 1. The highest BCUT2D eigenvalue weighted by molar-refractivity contribution is 6.44. The Hall–Kier alpha value is -2.51. The van der Waals surface area contributed by atoms with Gasteiger partial charge in [-0.1, -0.05) is 28.4 Å². The predicted molar refractivity (Wildman–Crippen MR) is 101 cm³/mol. The summed E-state index contributed by atoms with van der Waals surface area (Å²) in [5.74, 6) is 0.0625. The van der Waals surface area contributed by atoms with Crippen molar-refractivity contribution in [2.24, 2.45) is 5.16 Å². The molecule has 1 aromatic heterocycles. The van der Waals surface area contributed by atoms with E-state index in [0.717, 1.165) is 0 Å². The topological polar surface area (TPSA) is 77.7 Å². The maximum absolute atomic E-state index is 11.8. The van der Waals surface area contributed by atoms with E-state index < -0.39 is 0 Å². The van der Waals surface area contributed by atoms with Crippen LogP contribution < -0.4 is 10.1 Å². The first kappa shape index (κ1) is 19.8. The van der Waals surface area contributed by atoms with Gasteiger partial charge in [0.05, 0.1) is 10.7 Å². The molecule has 0 aliphatic carbocycles. The quantitative estimate of drug-likeness (QED) is 0.575. The van der Waals surface area contributed by atoms with E-state index in [0.29, 0.717) is 27.2 Å². The number of oxime groups is 1. The molecule has 2 aromatic rings. The molecule has 138 valence electrons.